The number of hydrogen-bond donors (Lipinski definition) is 1. The quantitative estimate of drug-likeness (QED) is 0.777. The zero-order valence-corrected chi connectivity index (χ0v) is 8.74. The summed E-state index contributed by atoms with van der Waals surface area (Å²) in [6, 6.07) is 0. The van der Waals surface area contributed by atoms with Crippen molar-refractivity contribution in [3.63, 3.8) is 0 Å². The maximum absolute atomic E-state index is 4.36. The topological polar surface area (TPSA) is 24.9 Å². The monoisotopic (exact) mass is 184 g/mol. The smallest absolute Gasteiger partial charge is 0.113 e. The molecular weight excluding hydrogens is 168 g/mol. The predicted molar refractivity (Wildman–Crippen MR) is 53.4 cm³/mol. The highest BCUT2D eigenvalue weighted by atomic mass is 32.1. The third kappa shape index (κ3) is 1.52. The fourth-order valence-electron chi connectivity index (χ4n) is 1.47. The molecule has 1 heterocycles. The van der Waals surface area contributed by atoms with Gasteiger partial charge in [0.2, 0.25) is 0 Å². The van der Waals surface area contributed by atoms with Crippen LogP contribution in [0.5, 0.6) is 0 Å². The van der Waals surface area contributed by atoms with E-state index >= 15 is 0 Å². The molecule has 0 unspecified atom stereocenters. The Labute approximate surface area is 78.0 Å². The maximum Gasteiger partial charge on any atom is 0.113 e. The highest BCUT2D eigenvalue weighted by Gasteiger charge is 2.28. The van der Waals surface area contributed by atoms with Crippen LogP contribution in [0, 0.1) is 0 Å². The van der Waals surface area contributed by atoms with Gasteiger partial charge in [-0.1, -0.05) is 13.8 Å². The molecule has 0 aliphatic carbocycles. The van der Waals surface area contributed by atoms with Crippen molar-refractivity contribution in [1.29, 1.82) is 0 Å². The minimum absolute atomic E-state index is 0.105. The van der Waals surface area contributed by atoms with Crippen molar-refractivity contribution in [3.8, 4) is 0 Å². The molecule has 1 aromatic heterocycles. The van der Waals surface area contributed by atoms with E-state index in [-0.39, 0.29) is 5.54 Å². The summed E-state index contributed by atoms with van der Waals surface area (Å²) >= 11 is 1.73. The molecule has 0 aliphatic heterocycles. The summed E-state index contributed by atoms with van der Waals surface area (Å²) in [6.07, 6.45) is 4.05. The van der Waals surface area contributed by atoms with E-state index in [1.54, 1.807) is 11.3 Å². The Morgan fingerprint density at radius 1 is 1.50 bits per heavy atom. The minimum Gasteiger partial charge on any atom is -0.308 e. The Hall–Kier alpha value is -0.410. The number of aromatic nitrogens is 1. The summed E-state index contributed by atoms with van der Waals surface area (Å²) in [5.41, 5.74) is 0.105. The molecule has 0 atom stereocenters. The van der Waals surface area contributed by atoms with Gasteiger partial charge in [0.1, 0.15) is 5.01 Å². The number of nitrogens with one attached hydrogen (secondary N) is 1. The number of rotatable bonds is 4. The summed E-state index contributed by atoms with van der Waals surface area (Å²) in [4.78, 5) is 4.36. The number of thiazole rings is 1. The minimum atomic E-state index is 0.105. The second-order valence-corrected chi connectivity index (χ2v) is 3.77. The standard InChI is InChI=1S/C9H16N2S/c1-4-9(5-2,10-3)8-11-6-7-12-8/h6-7,10H,4-5H2,1-3H3. The molecule has 0 aromatic carbocycles. The van der Waals surface area contributed by atoms with Gasteiger partial charge >= 0.3 is 0 Å². The second-order valence-electron chi connectivity index (χ2n) is 2.88. The zero-order valence-electron chi connectivity index (χ0n) is 7.92. The van der Waals surface area contributed by atoms with Crippen LogP contribution in [-0.4, -0.2) is 12.0 Å². The van der Waals surface area contributed by atoms with Crippen LogP contribution < -0.4 is 5.32 Å². The molecule has 0 aliphatic rings. The largest absolute Gasteiger partial charge is 0.308 e. The highest BCUT2D eigenvalue weighted by molar-refractivity contribution is 7.09. The van der Waals surface area contributed by atoms with E-state index in [1.165, 1.54) is 5.01 Å². The van der Waals surface area contributed by atoms with Crippen molar-refractivity contribution in [1.82, 2.24) is 10.3 Å². The Morgan fingerprint density at radius 3 is 2.50 bits per heavy atom. The van der Waals surface area contributed by atoms with Gasteiger partial charge in [0, 0.05) is 11.6 Å². The van der Waals surface area contributed by atoms with Crippen LogP contribution in [0.3, 0.4) is 0 Å². The van der Waals surface area contributed by atoms with Crippen molar-refractivity contribution in [2.75, 3.05) is 7.05 Å². The van der Waals surface area contributed by atoms with Gasteiger partial charge in [-0.2, -0.15) is 0 Å². The number of hydrogen-bond acceptors (Lipinski definition) is 3. The molecule has 0 bridgehead atoms. The van der Waals surface area contributed by atoms with E-state index < -0.39 is 0 Å². The average molecular weight is 184 g/mol. The van der Waals surface area contributed by atoms with E-state index in [1.807, 2.05) is 18.6 Å². The molecule has 3 heteroatoms. The van der Waals surface area contributed by atoms with Gasteiger partial charge in [-0.25, -0.2) is 4.98 Å². The zero-order chi connectivity index (χ0) is 9.03. The van der Waals surface area contributed by atoms with Gasteiger partial charge in [-0.3, -0.25) is 0 Å². The molecule has 0 saturated carbocycles. The number of nitrogens with zero attached hydrogens (tertiary/aromatic N) is 1. The summed E-state index contributed by atoms with van der Waals surface area (Å²) in [6.45, 7) is 4.39. The summed E-state index contributed by atoms with van der Waals surface area (Å²) in [7, 11) is 2.01. The fraction of sp³-hybridized carbons (Fsp3) is 0.667. The molecule has 0 spiro atoms. The molecule has 1 aromatic rings. The lowest BCUT2D eigenvalue weighted by Gasteiger charge is -2.28. The van der Waals surface area contributed by atoms with Gasteiger partial charge < -0.3 is 5.32 Å². The van der Waals surface area contributed by atoms with Crippen LogP contribution in [0.2, 0.25) is 0 Å². The van der Waals surface area contributed by atoms with Crippen LogP contribution in [0.25, 0.3) is 0 Å². The Bertz CT molecular complexity index is 206. The first-order valence-corrected chi connectivity index (χ1v) is 5.26. The highest BCUT2D eigenvalue weighted by Crippen LogP contribution is 2.29. The van der Waals surface area contributed by atoms with Crippen LogP contribution >= 0.6 is 11.3 Å². The maximum atomic E-state index is 4.36. The van der Waals surface area contributed by atoms with Gasteiger partial charge in [0.25, 0.3) is 0 Å². The van der Waals surface area contributed by atoms with Crippen LogP contribution in [0.15, 0.2) is 11.6 Å². The fourth-order valence-corrected chi connectivity index (χ4v) is 2.46. The van der Waals surface area contributed by atoms with Crippen LogP contribution in [0.4, 0.5) is 0 Å². The molecule has 68 valence electrons. The molecule has 1 rings (SSSR count). The molecule has 2 nitrogen and oxygen atoms in total. The van der Waals surface area contributed by atoms with Gasteiger partial charge in [0.15, 0.2) is 0 Å². The van der Waals surface area contributed by atoms with E-state index in [9.17, 15) is 0 Å². The van der Waals surface area contributed by atoms with E-state index in [4.69, 9.17) is 0 Å². The summed E-state index contributed by atoms with van der Waals surface area (Å²) in [5, 5.41) is 6.60. The van der Waals surface area contributed by atoms with Crippen molar-refractivity contribution in [2.24, 2.45) is 0 Å². The van der Waals surface area contributed by atoms with Crippen molar-refractivity contribution < 1.29 is 0 Å². The first kappa shape index (κ1) is 9.68. The molecule has 0 saturated heterocycles. The Morgan fingerprint density at radius 2 is 2.17 bits per heavy atom. The molecule has 12 heavy (non-hydrogen) atoms. The Balaban J connectivity index is 2.93. The average Bonchev–Trinajstić information content (AvgIpc) is 2.62. The third-order valence-corrected chi connectivity index (χ3v) is 3.50. The van der Waals surface area contributed by atoms with Crippen LogP contribution in [0.1, 0.15) is 31.7 Å². The SMILES string of the molecule is CCC(CC)(NC)c1nccs1. The molecular formula is C9H16N2S. The molecule has 0 radical (unpaired) electrons. The van der Waals surface area contributed by atoms with Crippen molar-refractivity contribution in [3.05, 3.63) is 16.6 Å². The van der Waals surface area contributed by atoms with Gasteiger partial charge in [-0.05, 0) is 19.9 Å². The first-order chi connectivity index (χ1) is 5.79. The molecule has 1 N–H and O–H groups in total. The molecule has 0 fully saturated rings. The van der Waals surface area contributed by atoms with Crippen LogP contribution in [-0.2, 0) is 5.54 Å². The summed E-state index contributed by atoms with van der Waals surface area (Å²) < 4.78 is 0. The summed E-state index contributed by atoms with van der Waals surface area (Å²) in [5.74, 6) is 0. The molecule has 0 amide bonds. The van der Waals surface area contributed by atoms with Gasteiger partial charge in [0.05, 0.1) is 5.54 Å². The normalized spacial score (nSPS) is 11.9. The van der Waals surface area contributed by atoms with Crippen molar-refractivity contribution in [2.45, 2.75) is 32.2 Å². The van der Waals surface area contributed by atoms with E-state index in [0.29, 0.717) is 0 Å². The first-order valence-electron chi connectivity index (χ1n) is 4.38. The van der Waals surface area contributed by atoms with Gasteiger partial charge in [-0.15, -0.1) is 11.3 Å². The predicted octanol–water partition coefficient (Wildman–Crippen LogP) is 2.38. The Kier molecular flexibility index (Phi) is 3.23. The second kappa shape index (κ2) is 4.01. The van der Waals surface area contributed by atoms with E-state index in [0.717, 1.165) is 12.8 Å². The lowest BCUT2D eigenvalue weighted by atomic mass is 9.94. The lowest BCUT2D eigenvalue weighted by molar-refractivity contribution is 0.333. The van der Waals surface area contributed by atoms with Crippen molar-refractivity contribution >= 4 is 11.3 Å². The third-order valence-electron chi connectivity index (χ3n) is 2.53. The lowest BCUT2D eigenvalue weighted by Crippen LogP contribution is -2.38. The van der Waals surface area contributed by atoms with E-state index in [2.05, 4.69) is 24.1 Å².